The van der Waals surface area contributed by atoms with Crippen molar-refractivity contribution in [3.63, 3.8) is 0 Å². The molecule has 108 valence electrons. The van der Waals surface area contributed by atoms with Gasteiger partial charge in [-0.1, -0.05) is 13.8 Å². The summed E-state index contributed by atoms with van der Waals surface area (Å²) in [6.07, 6.45) is 5.94. The molecule has 0 N–H and O–H groups in total. The number of aromatic nitrogens is 3. The lowest BCUT2D eigenvalue weighted by Crippen LogP contribution is -2.22. The van der Waals surface area contributed by atoms with Crippen LogP contribution >= 0.6 is 15.9 Å². The molecule has 0 bridgehead atoms. The van der Waals surface area contributed by atoms with Crippen molar-refractivity contribution < 1.29 is 0 Å². The Hall–Kier alpha value is -1.36. The highest BCUT2D eigenvalue weighted by Gasteiger charge is 2.09. The zero-order valence-electron chi connectivity index (χ0n) is 12.1. The molecule has 0 atom stereocenters. The molecule has 0 unspecified atom stereocenters. The SMILES string of the molecule is CCC(CC)n1ccc(Cn2cc(Br)cc(C)c2=O)n1. The van der Waals surface area contributed by atoms with Crippen molar-refractivity contribution in [3.05, 3.63) is 50.6 Å². The average molecular weight is 338 g/mol. The van der Waals surface area contributed by atoms with Crippen molar-refractivity contribution in [2.75, 3.05) is 0 Å². The third kappa shape index (κ3) is 3.20. The molecule has 0 aromatic carbocycles. The molecule has 0 saturated heterocycles. The highest BCUT2D eigenvalue weighted by atomic mass is 79.9. The molecule has 4 nitrogen and oxygen atoms in total. The zero-order valence-corrected chi connectivity index (χ0v) is 13.7. The number of hydrogen-bond acceptors (Lipinski definition) is 2. The molecule has 0 radical (unpaired) electrons. The van der Waals surface area contributed by atoms with Crippen LogP contribution in [0, 0.1) is 6.92 Å². The Balaban J connectivity index is 2.25. The summed E-state index contributed by atoms with van der Waals surface area (Å²) in [5.41, 5.74) is 1.68. The first-order valence-electron chi connectivity index (χ1n) is 6.95. The fraction of sp³-hybridized carbons (Fsp3) is 0.467. The molecule has 0 aliphatic rings. The van der Waals surface area contributed by atoms with Crippen LogP contribution in [0.2, 0.25) is 0 Å². The van der Waals surface area contributed by atoms with Crippen LogP contribution in [0.3, 0.4) is 0 Å². The second kappa shape index (κ2) is 6.39. The predicted molar refractivity (Wildman–Crippen MR) is 84.1 cm³/mol. The van der Waals surface area contributed by atoms with Gasteiger partial charge in [0, 0.05) is 22.4 Å². The summed E-state index contributed by atoms with van der Waals surface area (Å²) in [6.45, 7) is 6.66. The number of hydrogen-bond donors (Lipinski definition) is 0. The van der Waals surface area contributed by atoms with E-state index in [-0.39, 0.29) is 5.56 Å². The molecule has 20 heavy (non-hydrogen) atoms. The summed E-state index contributed by atoms with van der Waals surface area (Å²) >= 11 is 3.43. The van der Waals surface area contributed by atoms with Crippen LogP contribution in [0.5, 0.6) is 0 Å². The molecule has 0 aliphatic heterocycles. The first kappa shape index (κ1) is 15.0. The maximum atomic E-state index is 12.1. The van der Waals surface area contributed by atoms with E-state index in [1.807, 2.05) is 36.1 Å². The molecule has 0 saturated carbocycles. The van der Waals surface area contributed by atoms with E-state index >= 15 is 0 Å². The standard InChI is InChI=1S/C15H20BrN3O/c1-4-14(5-2)19-7-6-13(17-19)10-18-9-12(16)8-11(3)15(18)20/h6-9,14H,4-5,10H2,1-3H3. The zero-order chi connectivity index (χ0) is 14.7. The molecule has 2 heterocycles. The second-order valence-corrected chi connectivity index (χ2v) is 5.95. The molecular formula is C15H20BrN3O. The Labute approximate surface area is 127 Å². The first-order valence-corrected chi connectivity index (χ1v) is 7.75. The maximum absolute atomic E-state index is 12.1. The predicted octanol–water partition coefficient (Wildman–Crippen LogP) is 3.53. The molecule has 2 aromatic heterocycles. The number of pyridine rings is 1. The molecule has 0 fully saturated rings. The quantitative estimate of drug-likeness (QED) is 0.837. The van der Waals surface area contributed by atoms with Gasteiger partial charge in [0.05, 0.1) is 18.3 Å². The minimum Gasteiger partial charge on any atom is -0.308 e. The summed E-state index contributed by atoms with van der Waals surface area (Å²) in [6, 6.07) is 4.26. The minimum atomic E-state index is 0.0327. The number of halogens is 1. The lowest BCUT2D eigenvalue weighted by Gasteiger charge is -2.12. The van der Waals surface area contributed by atoms with Gasteiger partial charge in [0.25, 0.3) is 5.56 Å². The summed E-state index contributed by atoms with van der Waals surface area (Å²) in [4.78, 5) is 12.1. The third-order valence-electron chi connectivity index (χ3n) is 3.54. The van der Waals surface area contributed by atoms with Crippen molar-refractivity contribution in [1.29, 1.82) is 0 Å². The molecule has 0 amide bonds. The normalized spacial score (nSPS) is 11.2. The van der Waals surface area contributed by atoms with E-state index in [0.29, 0.717) is 12.6 Å². The van der Waals surface area contributed by atoms with Gasteiger partial charge in [0.15, 0.2) is 0 Å². The van der Waals surface area contributed by atoms with Gasteiger partial charge in [-0.15, -0.1) is 0 Å². The molecular weight excluding hydrogens is 318 g/mol. The van der Waals surface area contributed by atoms with Crippen LogP contribution in [0.15, 0.2) is 33.8 Å². The summed E-state index contributed by atoms with van der Waals surface area (Å²) < 4.78 is 4.61. The van der Waals surface area contributed by atoms with E-state index in [2.05, 4.69) is 34.9 Å². The Kier molecular flexibility index (Phi) is 4.81. The van der Waals surface area contributed by atoms with E-state index in [0.717, 1.165) is 28.6 Å². The molecule has 0 spiro atoms. The fourth-order valence-corrected chi connectivity index (χ4v) is 2.95. The first-order chi connectivity index (χ1) is 9.55. The third-order valence-corrected chi connectivity index (χ3v) is 3.98. The Morgan fingerprint density at radius 1 is 1.35 bits per heavy atom. The maximum Gasteiger partial charge on any atom is 0.253 e. The largest absolute Gasteiger partial charge is 0.308 e. The summed E-state index contributed by atoms with van der Waals surface area (Å²) in [7, 11) is 0. The minimum absolute atomic E-state index is 0.0327. The topological polar surface area (TPSA) is 39.8 Å². The van der Waals surface area contributed by atoms with Crippen LogP contribution < -0.4 is 5.56 Å². The van der Waals surface area contributed by atoms with E-state index in [1.54, 1.807) is 4.57 Å². The van der Waals surface area contributed by atoms with Crippen molar-refractivity contribution in [3.8, 4) is 0 Å². The van der Waals surface area contributed by atoms with Crippen molar-refractivity contribution in [2.45, 2.75) is 46.2 Å². The highest BCUT2D eigenvalue weighted by molar-refractivity contribution is 9.10. The van der Waals surface area contributed by atoms with E-state index < -0.39 is 0 Å². The van der Waals surface area contributed by atoms with E-state index in [4.69, 9.17) is 0 Å². The summed E-state index contributed by atoms with van der Waals surface area (Å²) in [5, 5.41) is 4.59. The monoisotopic (exact) mass is 337 g/mol. The fourth-order valence-electron chi connectivity index (χ4n) is 2.36. The van der Waals surface area contributed by atoms with Crippen LogP contribution in [-0.4, -0.2) is 14.3 Å². The van der Waals surface area contributed by atoms with Crippen LogP contribution in [0.1, 0.15) is 44.0 Å². The van der Waals surface area contributed by atoms with Crippen molar-refractivity contribution in [2.24, 2.45) is 0 Å². The van der Waals surface area contributed by atoms with Gasteiger partial charge in [-0.05, 0) is 47.8 Å². The second-order valence-electron chi connectivity index (χ2n) is 5.03. The number of aryl methyl sites for hydroxylation is 1. The van der Waals surface area contributed by atoms with Crippen LogP contribution in [-0.2, 0) is 6.54 Å². The lowest BCUT2D eigenvalue weighted by molar-refractivity contribution is 0.424. The number of rotatable bonds is 5. The van der Waals surface area contributed by atoms with Gasteiger partial charge < -0.3 is 4.57 Å². The van der Waals surface area contributed by atoms with Crippen molar-refractivity contribution in [1.82, 2.24) is 14.3 Å². The van der Waals surface area contributed by atoms with E-state index in [9.17, 15) is 4.79 Å². The van der Waals surface area contributed by atoms with Crippen LogP contribution in [0.4, 0.5) is 0 Å². The Bertz CT molecular complexity index is 641. The van der Waals surface area contributed by atoms with Gasteiger partial charge in [-0.3, -0.25) is 9.48 Å². The van der Waals surface area contributed by atoms with Gasteiger partial charge in [-0.25, -0.2) is 0 Å². The van der Waals surface area contributed by atoms with Crippen LogP contribution in [0.25, 0.3) is 0 Å². The number of nitrogens with zero attached hydrogens (tertiary/aromatic N) is 3. The average Bonchev–Trinajstić information content (AvgIpc) is 2.85. The Morgan fingerprint density at radius 3 is 2.70 bits per heavy atom. The highest BCUT2D eigenvalue weighted by Crippen LogP contribution is 2.15. The Morgan fingerprint density at radius 2 is 2.05 bits per heavy atom. The van der Waals surface area contributed by atoms with Gasteiger partial charge >= 0.3 is 0 Å². The molecule has 0 aliphatic carbocycles. The van der Waals surface area contributed by atoms with Crippen molar-refractivity contribution >= 4 is 15.9 Å². The molecule has 2 aromatic rings. The smallest absolute Gasteiger partial charge is 0.253 e. The van der Waals surface area contributed by atoms with E-state index in [1.165, 1.54) is 0 Å². The molecule has 2 rings (SSSR count). The molecule has 5 heteroatoms. The lowest BCUT2D eigenvalue weighted by atomic mass is 10.2. The van der Waals surface area contributed by atoms with Gasteiger partial charge in [0.1, 0.15) is 0 Å². The summed E-state index contributed by atoms with van der Waals surface area (Å²) in [5.74, 6) is 0. The van der Waals surface area contributed by atoms with Gasteiger partial charge in [0.2, 0.25) is 0 Å². The van der Waals surface area contributed by atoms with Gasteiger partial charge in [-0.2, -0.15) is 5.10 Å².